The van der Waals surface area contributed by atoms with E-state index in [9.17, 15) is 4.79 Å². The normalized spacial score (nSPS) is 25.5. The largest absolute Gasteiger partial charge is 0.377 e. The van der Waals surface area contributed by atoms with Gasteiger partial charge in [-0.25, -0.2) is 4.98 Å². The Morgan fingerprint density at radius 2 is 2.28 bits per heavy atom. The minimum Gasteiger partial charge on any atom is -0.377 e. The number of hydrogen-bond acceptors (Lipinski definition) is 7. The molecule has 1 atom stereocenters. The summed E-state index contributed by atoms with van der Waals surface area (Å²) in [6.07, 6.45) is 1.83. The Morgan fingerprint density at radius 1 is 1.36 bits per heavy atom. The lowest BCUT2D eigenvalue weighted by atomic mass is 10.0. The Morgan fingerprint density at radius 3 is 3.04 bits per heavy atom. The first-order valence-electron chi connectivity index (χ1n) is 8.33. The summed E-state index contributed by atoms with van der Waals surface area (Å²) in [5.74, 6) is 0.0168. The predicted molar refractivity (Wildman–Crippen MR) is 98.3 cm³/mol. The van der Waals surface area contributed by atoms with E-state index in [0.29, 0.717) is 19.8 Å². The van der Waals surface area contributed by atoms with Gasteiger partial charge in [0.25, 0.3) is 5.91 Å². The fourth-order valence-corrected chi connectivity index (χ4v) is 4.84. The van der Waals surface area contributed by atoms with Gasteiger partial charge in [0.15, 0.2) is 0 Å². The van der Waals surface area contributed by atoms with Crippen LogP contribution in [0.5, 0.6) is 0 Å². The number of carbonyl (C=O) groups is 1. The molecule has 0 N–H and O–H groups in total. The number of hydrogen-bond donors (Lipinski definition) is 0. The summed E-state index contributed by atoms with van der Waals surface area (Å²) in [4.78, 5) is 22.2. The molecule has 2 aromatic heterocycles. The highest BCUT2D eigenvalue weighted by Gasteiger charge is 2.43. The molecule has 2 fully saturated rings. The van der Waals surface area contributed by atoms with Crippen LogP contribution in [0.2, 0.25) is 0 Å². The number of thiazole rings is 1. The van der Waals surface area contributed by atoms with Crippen LogP contribution < -0.4 is 4.90 Å². The van der Waals surface area contributed by atoms with E-state index in [0.717, 1.165) is 29.6 Å². The Bertz CT molecular complexity index is 733. The van der Waals surface area contributed by atoms with Crippen LogP contribution in [0.15, 0.2) is 23.7 Å². The molecule has 0 radical (unpaired) electrons. The first-order valence-corrected chi connectivity index (χ1v) is 10.0. The zero-order valence-electron chi connectivity index (χ0n) is 14.1. The van der Waals surface area contributed by atoms with Crippen LogP contribution in [0.4, 0.5) is 5.00 Å². The number of thiophene rings is 1. The van der Waals surface area contributed by atoms with Crippen molar-refractivity contribution in [3.05, 3.63) is 33.6 Å². The molecule has 25 heavy (non-hydrogen) atoms. The summed E-state index contributed by atoms with van der Waals surface area (Å²) in [5.41, 5.74) is -0.487. The summed E-state index contributed by atoms with van der Waals surface area (Å²) in [5, 5.41) is 4.08. The van der Waals surface area contributed by atoms with Crippen molar-refractivity contribution in [3.63, 3.8) is 0 Å². The van der Waals surface area contributed by atoms with Crippen LogP contribution in [0.3, 0.4) is 0 Å². The number of aryl methyl sites for hydroxylation is 1. The average molecular weight is 380 g/mol. The van der Waals surface area contributed by atoms with Gasteiger partial charge in [-0.15, -0.1) is 22.7 Å². The highest BCUT2D eigenvalue weighted by atomic mass is 32.1. The number of carbonyl (C=O) groups excluding carboxylic acids is 1. The summed E-state index contributed by atoms with van der Waals surface area (Å²) in [6.45, 7) is 6.23. The van der Waals surface area contributed by atoms with Crippen molar-refractivity contribution in [3.8, 4) is 0 Å². The first kappa shape index (κ1) is 17.1. The SMILES string of the molecule is Cc1ccc(N2CC3(COCCN(Cc4nccs4)C3)OCC2=O)s1. The Hall–Kier alpha value is -1.32. The second-order valence-corrected chi connectivity index (χ2v) is 8.77. The highest BCUT2D eigenvalue weighted by Crippen LogP contribution is 2.32. The van der Waals surface area contributed by atoms with E-state index in [2.05, 4.69) is 16.8 Å². The average Bonchev–Trinajstić information content (AvgIpc) is 3.21. The molecule has 2 saturated heterocycles. The van der Waals surface area contributed by atoms with Crippen LogP contribution in [0, 0.1) is 6.92 Å². The zero-order valence-corrected chi connectivity index (χ0v) is 15.8. The lowest BCUT2D eigenvalue weighted by Gasteiger charge is -2.42. The molecule has 0 bridgehead atoms. The number of nitrogens with zero attached hydrogens (tertiary/aromatic N) is 3. The van der Waals surface area contributed by atoms with Crippen molar-refractivity contribution in [1.82, 2.24) is 9.88 Å². The number of amides is 1. The van der Waals surface area contributed by atoms with Gasteiger partial charge in [-0.3, -0.25) is 14.6 Å². The summed E-state index contributed by atoms with van der Waals surface area (Å²) >= 11 is 3.30. The van der Waals surface area contributed by atoms with Gasteiger partial charge in [0.05, 0.1) is 31.3 Å². The fourth-order valence-electron chi connectivity index (χ4n) is 3.31. The van der Waals surface area contributed by atoms with Crippen LogP contribution >= 0.6 is 22.7 Å². The third-order valence-corrected chi connectivity index (χ3v) is 6.30. The topological polar surface area (TPSA) is 54.9 Å². The van der Waals surface area contributed by atoms with Crippen LogP contribution in [-0.2, 0) is 20.8 Å². The molecule has 1 spiro atoms. The van der Waals surface area contributed by atoms with Crippen molar-refractivity contribution < 1.29 is 14.3 Å². The minimum atomic E-state index is -0.487. The Labute approximate surface area is 155 Å². The van der Waals surface area contributed by atoms with Crippen LogP contribution in [0.1, 0.15) is 9.88 Å². The molecule has 1 unspecified atom stereocenters. The van der Waals surface area contributed by atoms with Crippen molar-refractivity contribution in [2.24, 2.45) is 0 Å². The molecule has 0 saturated carbocycles. The lowest BCUT2D eigenvalue weighted by molar-refractivity contribution is -0.146. The van der Waals surface area contributed by atoms with Crippen molar-refractivity contribution >= 4 is 33.6 Å². The molecular weight excluding hydrogens is 358 g/mol. The third-order valence-electron chi connectivity index (χ3n) is 4.51. The number of rotatable bonds is 3. The van der Waals surface area contributed by atoms with E-state index in [4.69, 9.17) is 9.47 Å². The van der Waals surface area contributed by atoms with Crippen LogP contribution in [0.25, 0.3) is 0 Å². The van der Waals surface area contributed by atoms with Crippen molar-refractivity contribution in [2.45, 2.75) is 19.1 Å². The van der Waals surface area contributed by atoms with E-state index < -0.39 is 5.60 Å². The molecule has 4 rings (SSSR count). The van der Waals surface area contributed by atoms with Gasteiger partial charge >= 0.3 is 0 Å². The number of ether oxygens (including phenoxy) is 2. The summed E-state index contributed by atoms with van der Waals surface area (Å²) in [6, 6.07) is 4.07. The molecular formula is C17H21N3O3S2. The third kappa shape index (κ3) is 3.78. The quantitative estimate of drug-likeness (QED) is 0.818. The maximum absolute atomic E-state index is 12.4. The van der Waals surface area contributed by atoms with E-state index in [1.165, 1.54) is 4.88 Å². The molecule has 2 aliphatic rings. The summed E-state index contributed by atoms with van der Waals surface area (Å²) < 4.78 is 11.9. The van der Waals surface area contributed by atoms with Crippen LogP contribution in [-0.4, -0.2) is 60.8 Å². The minimum absolute atomic E-state index is 0.0168. The first-order chi connectivity index (χ1) is 12.1. The van der Waals surface area contributed by atoms with Gasteiger partial charge in [0.1, 0.15) is 17.2 Å². The summed E-state index contributed by atoms with van der Waals surface area (Å²) in [7, 11) is 0. The van der Waals surface area contributed by atoms with Gasteiger partial charge in [0.2, 0.25) is 0 Å². The lowest BCUT2D eigenvalue weighted by Crippen LogP contribution is -2.60. The second-order valence-electron chi connectivity index (χ2n) is 6.52. The molecule has 6 nitrogen and oxygen atoms in total. The van der Waals surface area contributed by atoms with Crippen molar-refractivity contribution in [2.75, 3.05) is 44.4 Å². The molecule has 1 amide bonds. The van der Waals surface area contributed by atoms with Gasteiger partial charge in [-0.05, 0) is 19.1 Å². The Kier molecular flexibility index (Phi) is 4.88. The monoisotopic (exact) mass is 379 g/mol. The molecule has 8 heteroatoms. The van der Waals surface area contributed by atoms with E-state index >= 15 is 0 Å². The Balaban J connectivity index is 1.53. The zero-order chi connectivity index (χ0) is 17.3. The number of morpholine rings is 1. The molecule has 4 heterocycles. The maximum Gasteiger partial charge on any atom is 0.253 e. The molecule has 2 aromatic rings. The van der Waals surface area contributed by atoms with Gasteiger partial charge in [-0.2, -0.15) is 0 Å². The molecule has 134 valence electrons. The van der Waals surface area contributed by atoms with E-state index in [1.54, 1.807) is 22.7 Å². The van der Waals surface area contributed by atoms with Gasteiger partial charge in [0, 0.05) is 29.5 Å². The number of aromatic nitrogens is 1. The molecule has 2 aliphatic heterocycles. The van der Waals surface area contributed by atoms with Gasteiger partial charge < -0.3 is 9.47 Å². The fraction of sp³-hybridized carbons (Fsp3) is 0.529. The predicted octanol–water partition coefficient (Wildman–Crippen LogP) is 2.15. The van der Waals surface area contributed by atoms with Crippen molar-refractivity contribution in [1.29, 1.82) is 0 Å². The van der Waals surface area contributed by atoms with E-state index in [-0.39, 0.29) is 12.5 Å². The molecule has 0 aliphatic carbocycles. The second kappa shape index (κ2) is 7.13. The van der Waals surface area contributed by atoms with E-state index in [1.807, 2.05) is 28.6 Å². The number of anilines is 1. The molecule has 0 aromatic carbocycles. The smallest absolute Gasteiger partial charge is 0.253 e. The maximum atomic E-state index is 12.4. The highest BCUT2D eigenvalue weighted by molar-refractivity contribution is 7.16. The van der Waals surface area contributed by atoms with Gasteiger partial charge in [-0.1, -0.05) is 0 Å². The standard InChI is InChI=1S/C17H21N3O3S2/c1-13-2-3-16(25-13)20-11-17(23-9-15(20)21)10-19(5-6-22-12-17)8-14-18-4-7-24-14/h2-4,7H,5-6,8-12H2,1H3.